The zero-order valence-electron chi connectivity index (χ0n) is 21.2. The molecule has 11 heteroatoms. The number of benzene rings is 3. The fourth-order valence-electron chi connectivity index (χ4n) is 4.47. The van der Waals surface area contributed by atoms with Gasteiger partial charge in [-0.15, -0.1) is 0 Å². The predicted molar refractivity (Wildman–Crippen MR) is 150 cm³/mol. The fourth-order valence-corrected chi connectivity index (χ4v) is 5.30. The number of rotatable bonds is 8. The molecule has 202 valence electrons. The zero-order chi connectivity index (χ0) is 27.7. The van der Waals surface area contributed by atoms with Crippen molar-refractivity contribution in [1.29, 1.82) is 0 Å². The summed E-state index contributed by atoms with van der Waals surface area (Å²) >= 11 is 3.45. The second-order valence-electron chi connectivity index (χ2n) is 9.34. The van der Waals surface area contributed by atoms with E-state index in [2.05, 4.69) is 20.7 Å². The number of amides is 1. The largest absolute Gasteiger partial charge is 0.341 e. The lowest BCUT2D eigenvalue weighted by Crippen LogP contribution is -2.32. The van der Waals surface area contributed by atoms with Gasteiger partial charge in [-0.1, -0.05) is 28.1 Å². The van der Waals surface area contributed by atoms with Crippen LogP contribution in [0.3, 0.4) is 0 Å². The van der Waals surface area contributed by atoms with Gasteiger partial charge >= 0.3 is 0 Å². The van der Waals surface area contributed by atoms with Crippen molar-refractivity contribution < 1.29 is 22.3 Å². The lowest BCUT2D eigenvalue weighted by Gasteiger charge is -2.23. The van der Waals surface area contributed by atoms with Gasteiger partial charge < -0.3 is 9.64 Å². The van der Waals surface area contributed by atoms with Crippen molar-refractivity contribution in [1.82, 2.24) is 14.7 Å². The molecule has 0 bridgehead atoms. The predicted octanol–water partition coefficient (Wildman–Crippen LogP) is 5.30. The number of sulfonamides is 1. The highest BCUT2D eigenvalue weighted by Gasteiger charge is 2.40. The second kappa shape index (κ2) is 10.9. The molecule has 1 saturated heterocycles. The number of ether oxygens (including phenoxy) is 1. The summed E-state index contributed by atoms with van der Waals surface area (Å²) in [4.78, 5) is 14.9. The van der Waals surface area contributed by atoms with Crippen LogP contribution in [0.2, 0.25) is 0 Å². The Morgan fingerprint density at radius 3 is 2.33 bits per heavy atom. The molecule has 1 amide bonds. The molecule has 1 aliphatic rings. The van der Waals surface area contributed by atoms with Gasteiger partial charge in [-0.3, -0.25) is 9.52 Å². The average Bonchev–Trinajstić information content (AvgIpc) is 3.45. The molecule has 3 aromatic carbocycles. The summed E-state index contributed by atoms with van der Waals surface area (Å²) in [5.41, 5.74) is 4.20. The van der Waals surface area contributed by atoms with Crippen LogP contribution < -0.4 is 4.72 Å². The summed E-state index contributed by atoms with van der Waals surface area (Å²) in [6, 6.07) is 20.7. The molecule has 2 atom stereocenters. The molecule has 0 saturated carbocycles. The van der Waals surface area contributed by atoms with E-state index >= 15 is 0 Å². The van der Waals surface area contributed by atoms with Crippen molar-refractivity contribution in [2.75, 3.05) is 17.5 Å². The van der Waals surface area contributed by atoms with E-state index in [1.54, 1.807) is 40.8 Å². The summed E-state index contributed by atoms with van der Waals surface area (Å²) in [6.45, 7) is 2.09. The Morgan fingerprint density at radius 1 is 1.03 bits per heavy atom. The maximum absolute atomic E-state index is 13.7. The molecule has 1 aliphatic heterocycles. The molecular formula is C28H26BrFN4O4S. The lowest BCUT2D eigenvalue weighted by atomic mass is 10.1. The summed E-state index contributed by atoms with van der Waals surface area (Å²) in [5.74, 6) is -0.496. The smallest absolute Gasteiger partial charge is 0.253 e. The maximum atomic E-state index is 13.7. The average molecular weight is 614 g/mol. The Balaban J connectivity index is 1.46. The van der Waals surface area contributed by atoms with Crippen LogP contribution in [0.25, 0.3) is 16.9 Å². The van der Waals surface area contributed by atoms with Gasteiger partial charge in [0.25, 0.3) is 5.91 Å². The molecule has 0 unspecified atom stereocenters. The van der Waals surface area contributed by atoms with Crippen molar-refractivity contribution in [3.05, 3.63) is 100 Å². The molecule has 2 heterocycles. The van der Waals surface area contributed by atoms with Crippen LogP contribution in [-0.2, 0) is 26.0 Å². The topological polar surface area (TPSA) is 93.5 Å². The minimum atomic E-state index is -3.37. The van der Waals surface area contributed by atoms with Gasteiger partial charge in [0, 0.05) is 34.0 Å². The van der Waals surface area contributed by atoms with Crippen LogP contribution in [0, 0.1) is 5.82 Å². The lowest BCUT2D eigenvalue weighted by molar-refractivity contribution is -0.130. The molecule has 0 radical (unpaired) electrons. The number of aromatic nitrogens is 2. The van der Waals surface area contributed by atoms with Gasteiger partial charge in [0.2, 0.25) is 10.0 Å². The molecule has 0 spiro atoms. The third-order valence-electron chi connectivity index (χ3n) is 6.36. The summed E-state index contributed by atoms with van der Waals surface area (Å²) in [6.07, 6.45) is 2.14. The number of anilines is 1. The molecule has 8 nitrogen and oxygen atoms in total. The standard InChI is InChI=1S/C28H26BrFN4O4S/c1-18-27(35)33(16-15-19-3-11-23(12-4-19)32-39(2,36)37)28(38-18)25-17-34(24-13-7-21(29)8-14-24)31-26(25)20-5-9-22(30)10-6-20/h3-14,17-18,28,32H,15-16H2,1-2H3/t18-,28+/m1/s1. The molecule has 39 heavy (non-hydrogen) atoms. The number of hydrogen-bond acceptors (Lipinski definition) is 5. The minimum Gasteiger partial charge on any atom is -0.341 e. The number of nitrogens with zero attached hydrogens (tertiary/aromatic N) is 3. The van der Waals surface area contributed by atoms with Gasteiger partial charge in [-0.25, -0.2) is 17.5 Å². The Bertz CT molecular complexity index is 1590. The molecule has 4 aromatic rings. The van der Waals surface area contributed by atoms with Crippen molar-refractivity contribution in [3.63, 3.8) is 0 Å². The van der Waals surface area contributed by atoms with E-state index in [4.69, 9.17) is 9.84 Å². The number of halogens is 2. The normalized spacial score (nSPS) is 17.5. The Hall–Kier alpha value is -3.54. The van der Waals surface area contributed by atoms with Crippen LogP contribution in [0.1, 0.15) is 24.3 Å². The molecule has 5 rings (SSSR count). The quantitative estimate of drug-likeness (QED) is 0.291. The monoisotopic (exact) mass is 612 g/mol. The van der Waals surface area contributed by atoms with E-state index in [1.807, 2.05) is 42.6 Å². The van der Waals surface area contributed by atoms with Crippen molar-refractivity contribution in [3.8, 4) is 16.9 Å². The van der Waals surface area contributed by atoms with Crippen molar-refractivity contribution in [2.45, 2.75) is 25.7 Å². The van der Waals surface area contributed by atoms with E-state index < -0.39 is 22.4 Å². The van der Waals surface area contributed by atoms with Gasteiger partial charge in [-0.05, 0) is 79.6 Å². The zero-order valence-corrected chi connectivity index (χ0v) is 23.6. The summed E-state index contributed by atoms with van der Waals surface area (Å²) in [5, 5.41) is 4.80. The van der Waals surface area contributed by atoms with Gasteiger partial charge in [0.1, 0.15) is 17.6 Å². The SMILES string of the molecule is C[C@H]1O[C@@H](c2cn(-c3ccc(Br)cc3)nc2-c2ccc(F)cc2)N(CCc2ccc(NS(C)(=O)=O)cc2)C1=O. The van der Waals surface area contributed by atoms with Crippen molar-refractivity contribution >= 4 is 37.5 Å². The Labute approximate surface area is 234 Å². The van der Waals surface area contributed by atoms with Gasteiger partial charge in [0.15, 0.2) is 6.23 Å². The first-order valence-electron chi connectivity index (χ1n) is 12.2. The van der Waals surface area contributed by atoms with E-state index in [0.717, 1.165) is 22.0 Å². The third kappa shape index (κ3) is 6.21. The van der Waals surface area contributed by atoms with Gasteiger partial charge in [-0.2, -0.15) is 5.10 Å². The third-order valence-corrected chi connectivity index (χ3v) is 7.50. The molecular weight excluding hydrogens is 587 g/mol. The van der Waals surface area contributed by atoms with Crippen LogP contribution in [-0.4, -0.2) is 47.9 Å². The molecule has 0 aliphatic carbocycles. The fraction of sp³-hybridized carbons (Fsp3) is 0.214. The van der Waals surface area contributed by atoms with Crippen LogP contribution in [0.4, 0.5) is 10.1 Å². The van der Waals surface area contributed by atoms with Crippen molar-refractivity contribution in [2.24, 2.45) is 0 Å². The number of carbonyl (C=O) groups excluding carboxylic acids is 1. The van der Waals surface area contributed by atoms with E-state index in [0.29, 0.717) is 35.5 Å². The highest BCUT2D eigenvalue weighted by molar-refractivity contribution is 9.10. The molecule has 1 aromatic heterocycles. The van der Waals surface area contributed by atoms with E-state index in [1.165, 1.54) is 12.1 Å². The van der Waals surface area contributed by atoms with Crippen LogP contribution in [0.15, 0.2) is 83.5 Å². The van der Waals surface area contributed by atoms with Gasteiger partial charge in [0.05, 0.1) is 11.9 Å². The highest BCUT2D eigenvalue weighted by Crippen LogP contribution is 2.37. The first-order chi connectivity index (χ1) is 18.6. The Morgan fingerprint density at radius 2 is 1.69 bits per heavy atom. The Kier molecular flexibility index (Phi) is 7.57. The summed E-state index contributed by atoms with van der Waals surface area (Å²) < 4.78 is 47.9. The molecule has 1 fully saturated rings. The minimum absolute atomic E-state index is 0.142. The first-order valence-corrected chi connectivity index (χ1v) is 14.9. The summed E-state index contributed by atoms with van der Waals surface area (Å²) in [7, 11) is -3.37. The highest BCUT2D eigenvalue weighted by atomic mass is 79.9. The van der Waals surface area contributed by atoms with E-state index in [-0.39, 0.29) is 11.7 Å². The number of nitrogens with one attached hydrogen (secondary N) is 1. The first kappa shape index (κ1) is 27.0. The van der Waals surface area contributed by atoms with Crippen LogP contribution in [0.5, 0.6) is 0 Å². The maximum Gasteiger partial charge on any atom is 0.253 e. The van der Waals surface area contributed by atoms with E-state index in [9.17, 15) is 17.6 Å². The number of hydrogen-bond donors (Lipinski definition) is 1. The second-order valence-corrected chi connectivity index (χ2v) is 12.0. The van der Waals surface area contributed by atoms with Crippen LogP contribution >= 0.6 is 15.9 Å². The number of carbonyl (C=O) groups is 1. The molecule has 1 N–H and O–H groups in total.